The van der Waals surface area contributed by atoms with Crippen LogP contribution in [0, 0.1) is 0 Å². The highest BCUT2D eigenvalue weighted by molar-refractivity contribution is 6.16. The minimum atomic E-state index is -1.23. The molecule has 0 spiro atoms. The van der Waals surface area contributed by atoms with E-state index in [-0.39, 0.29) is 16.3 Å². The van der Waals surface area contributed by atoms with Crippen LogP contribution in [0.25, 0.3) is 66.1 Å². The summed E-state index contributed by atoms with van der Waals surface area (Å²) in [7, 11) is 0. The van der Waals surface area contributed by atoms with Gasteiger partial charge in [-0.05, 0) is 96.7 Å². The summed E-state index contributed by atoms with van der Waals surface area (Å²) in [6.45, 7) is 0. The number of benzene rings is 9. The van der Waals surface area contributed by atoms with E-state index >= 15 is 0 Å². The van der Waals surface area contributed by atoms with Crippen LogP contribution in [0.15, 0.2) is 212 Å². The minimum absolute atomic E-state index is 0.0970. The van der Waals surface area contributed by atoms with E-state index in [4.69, 9.17) is 17.8 Å². The summed E-state index contributed by atoms with van der Waals surface area (Å²) >= 11 is 0. The molecule has 0 bridgehead atoms. The number of nitrogens with zero attached hydrogens (tertiary/aromatic N) is 1. The Morgan fingerprint density at radius 3 is 1.39 bits per heavy atom. The maximum absolute atomic E-state index is 10.0. The molecule has 9 aromatic carbocycles. The number of rotatable bonds is 7. The maximum Gasteiger partial charge on any atom is 0.0645 e. The molecule has 0 unspecified atom stereocenters. The summed E-state index contributed by atoms with van der Waals surface area (Å²) in [4.78, 5) is 0.482. The molecule has 0 aliphatic heterocycles. The van der Waals surface area contributed by atoms with Crippen LogP contribution < -0.4 is 4.90 Å². The molecule has 0 N–H and O–H groups in total. The third kappa shape index (κ3) is 5.75. The van der Waals surface area contributed by atoms with E-state index in [9.17, 15) is 19.2 Å². The fourth-order valence-corrected chi connectivity index (χ4v) is 5.70. The molecule has 0 amide bonds. The first-order chi connectivity index (χ1) is 36.6. The summed E-state index contributed by atoms with van der Waals surface area (Å²) in [5, 5.41) is 1.10. The maximum atomic E-state index is 10.0. The van der Waals surface area contributed by atoms with Crippen LogP contribution in [0.1, 0.15) is 37.0 Å². The molecule has 0 saturated carbocycles. The predicted octanol–water partition coefficient (Wildman–Crippen LogP) is 14.1. The van der Waals surface area contributed by atoms with Gasteiger partial charge in [-0.15, -0.1) is 0 Å². The van der Waals surface area contributed by atoms with Crippen LogP contribution in [0.2, 0.25) is 0 Å². The van der Waals surface area contributed by atoms with Gasteiger partial charge in [0.05, 0.1) is 42.7 Å². The fourth-order valence-electron chi connectivity index (χ4n) is 5.70. The highest BCUT2D eigenvalue weighted by Crippen LogP contribution is 2.48. The average Bonchev–Trinajstić information content (AvgIpc) is 3.48. The van der Waals surface area contributed by atoms with Gasteiger partial charge < -0.3 is 4.90 Å². The Bertz CT molecular complexity index is 3910. The zero-order valence-corrected chi connectivity index (χ0v) is 26.1. The van der Waals surface area contributed by atoms with Gasteiger partial charge >= 0.3 is 0 Å². The average molecular weight is 677 g/mol. The smallest absolute Gasteiger partial charge is 0.0645 e. The van der Waals surface area contributed by atoms with Crippen molar-refractivity contribution >= 4 is 38.6 Å². The summed E-state index contributed by atoms with van der Waals surface area (Å²) < 4.78 is 245. The second-order valence-electron chi connectivity index (χ2n) is 10.8. The molecule has 1 nitrogen and oxygen atoms in total. The molecule has 0 aliphatic rings. The molecule has 0 saturated heterocycles. The Labute approximate surface area is 337 Å². The SMILES string of the molecule is [2H]c1c([2H])c([2H])c(-c2c([2H])c([2H])c(N(c3c([2H])c([2H])c(-c4c([2H])c([2H])c([2H])c([2H])c4[2H])c([2H])c3[2H])c3c([2H])c([2H])c([2H])c(-c4c([2H])c([2H])c([2H])c([2H])c4[2H])c3-c3c([2H])c4ccccc4c4ccccc34)c([2H])c2[2H])c([2H])c1[2H]. The molecule has 0 aromatic heterocycles. The van der Waals surface area contributed by atoms with Crippen molar-refractivity contribution in [1.29, 1.82) is 0 Å². The normalized spacial score (nSPS) is 18.5. The van der Waals surface area contributed by atoms with E-state index in [2.05, 4.69) is 0 Å². The molecule has 0 fully saturated rings. The molecule has 9 rings (SSSR count). The minimum Gasteiger partial charge on any atom is -0.310 e. The Morgan fingerprint density at radius 2 is 0.824 bits per heavy atom. The van der Waals surface area contributed by atoms with Crippen LogP contribution >= 0.6 is 0 Å². The Hall–Kier alpha value is -6.70. The van der Waals surface area contributed by atoms with Crippen molar-refractivity contribution in [2.75, 3.05) is 4.90 Å². The standard InChI is InChI=1S/C50H35N/c1-4-15-36(16-5-1)38-27-31-42(32-28-38)51(43-33-29-39(30-34-43)37-17-6-2-7-18-37)49-26-14-25-45(40-19-8-3-9-20-40)50(49)48-35-41-21-10-11-22-44(41)46-23-12-13-24-47(46)48/h1-35H/i1D,2D,3D,4D,5D,6D,7D,8D,9D,14D,15D,16D,17D,18D,19D,20D,25D,26D,27D,28D,29D,30D,31D,32D,33D,34D,35D. The Morgan fingerprint density at radius 1 is 0.353 bits per heavy atom. The van der Waals surface area contributed by atoms with E-state index < -0.39 is 219 Å². The third-order valence-corrected chi connectivity index (χ3v) is 7.92. The Kier molecular flexibility index (Phi) is 3.45. The van der Waals surface area contributed by atoms with Gasteiger partial charge in [0.15, 0.2) is 0 Å². The molecule has 9 aromatic rings. The molecular weight excluding hydrogens is 615 g/mol. The van der Waals surface area contributed by atoms with Gasteiger partial charge in [0.25, 0.3) is 0 Å². The molecular formula is C50H35N. The van der Waals surface area contributed by atoms with Crippen LogP contribution in [-0.2, 0) is 0 Å². The third-order valence-electron chi connectivity index (χ3n) is 7.92. The van der Waals surface area contributed by atoms with Gasteiger partial charge in [-0.2, -0.15) is 0 Å². The second-order valence-corrected chi connectivity index (χ2v) is 10.8. The molecule has 0 heterocycles. The van der Waals surface area contributed by atoms with Gasteiger partial charge in [-0.1, -0.05) is 175 Å². The van der Waals surface area contributed by atoms with Crippen molar-refractivity contribution in [2.24, 2.45) is 0 Å². The van der Waals surface area contributed by atoms with Crippen LogP contribution in [0.5, 0.6) is 0 Å². The van der Waals surface area contributed by atoms with Gasteiger partial charge in [-0.25, -0.2) is 0 Å². The number of fused-ring (bicyclic) bond motifs is 3. The zero-order valence-electron chi connectivity index (χ0n) is 53.1. The lowest BCUT2D eigenvalue weighted by molar-refractivity contribution is 1.28. The highest BCUT2D eigenvalue weighted by atomic mass is 15.1. The first kappa shape index (κ1) is 13.2. The van der Waals surface area contributed by atoms with E-state index in [1.165, 1.54) is 18.2 Å². The number of hydrogen-bond donors (Lipinski definition) is 0. The van der Waals surface area contributed by atoms with Crippen molar-refractivity contribution in [3.05, 3.63) is 212 Å². The van der Waals surface area contributed by atoms with E-state index in [0.29, 0.717) is 15.7 Å². The summed E-state index contributed by atoms with van der Waals surface area (Å²) in [5.74, 6) is 0. The van der Waals surface area contributed by atoms with Crippen molar-refractivity contribution in [2.45, 2.75) is 0 Å². The second kappa shape index (κ2) is 13.3. The largest absolute Gasteiger partial charge is 0.310 e. The number of hydrogen-bond acceptors (Lipinski definition) is 1. The number of anilines is 3. The van der Waals surface area contributed by atoms with Gasteiger partial charge in [0.1, 0.15) is 0 Å². The van der Waals surface area contributed by atoms with Gasteiger partial charge in [-0.3, -0.25) is 0 Å². The quantitative estimate of drug-likeness (QED) is 0.152. The first-order valence-electron chi connectivity index (χ1n) is 28.8. The Balaban J connectivity index is 1.61. The van der Waals surface area contributed by atoms with Crippen molar-refractivity contribution in [3.63, 3.8) is 0 Å². The van der Waals surface area contributed by atoms with Crippen molar-refractivity contribution in [3.8, 4) is 44.5 Å². The van der Waals surface area contributed by atoms with Gasteiger partial charge in [0, 0.05) is 16.9 Å². The molecule has 1 heteroatoms. The lowest BCUT2D eigenvalue weighted by atomic mass is 9.87. The monoisotopic (exact) mass is 676 g/mol. The lowest BCUT2D eigenvalue weighted by Gasteiger charge is -2.30. The summed E-state index contributed by atoms with van der Waals surface area (Å²) in [5.41, 5.74) is -9.08. The summed E-state index contributed by atoms with van der Waals surface area (Å²) in [6, 6.07) is -14.5. The van der Waals surface area contributed by atoms with Crippen LogP contribution in [0.3, 0.4) is 0 Å². The molecule has 240 valence electrons. The predicted molar refractivity (Wildman–Crippen MR) is 218 cm³/mol. The lowest BCUT2D eigenvalue weighted by Crippen LogP contribution is -2.12. The molecule has 0 radical (unpaired) electrons. The van der Waals surface area contributed by atoms with Crippen molar-refractivity contribution in [1.82, 2.24) is 0 Å². The van der Waals surface area contributed by atoms with E-state index in [0.717, 1.165) is 0 Å². The van der Waals surface area contributed by atoms with E-state index in [1.54, 1.807) is 30.3 Å². The van der Waals surface area contributed by atoms with Crippen LogP contribution in [-0.4, -0.2) is 0 Å². The van der Waals surface area contributed by atoms with Gasteiger partial charge in [0.2, 0.25) is 0 Å². The molecule has 51 heavy (non-hydrogen) atoms. The molecule has 0 atom stereocenters. The van der Waals surface area contributed by atoms with Crippen molar-refractivity contribution < 1.29 is 37.0 Å². The zero-order chi connectivity index (χ0) is 57.5. The highest BCUT2D eigenvalue weighted by Gasteiger charge is 2.23. The fraction of sp³-hybridized carbons (Fsp3) is 0. The molecule has 0 aliphatic carbocycles. The first-order valence-corrected chi connectivity index (χ1v) is 15.3. The topological polar surface area (TPSA) is 3.24 Å². The summed E-state index contributed by atoms with van der Waals surface area (Å²) in [6.07, 6.45) is 0. The van der Waals surface area contributed by atoms with Crippen LogP contribution in [0.4, 0.5) is 17.1 Å². The van der Waals surface area contributed by atoms with E-state index in [1.807, 2.05) is 0 Å².